The molecule has 0 saturated carbocycles. The number of rotatable bonds is 4. The van der Waals surface area contributed by atoms with E-state index in [1.165, 1.54) is 111 Å². The summed E-state index contributed by atoms with van der Waals surface area (Å²) < 4.78 is 2.69. The first-order chi connectivity index (χ1) is 28.8. The number of nitrogens with zero attached hydrogens (tertiary/aromatic N) is 1. The summed E-state index contributed by atoms with van der Waals surface area (Å²) in [6.45, 7) is 9.76. The SMILES string of the molecule is CC1(C)CCC(C)(C)c2cc3c(cc21)sc1c(N(c2cccc(-c4ccccc4)c2)c2cccc4c2-c2ccccc2C42c4ccccc4-c4ccccc42)cccc13. The maximum atomic E-state index is 2.58. The second-order valence-electron chi connectivity index (χ2n) is 18.3. The summed E-state index contributed by atoms with van der Waals surface area (Å²) in [5.74, 6) is 0. The Kier molecular flexibility index (Phi) is 7.31. The van der Waals surface area contributed by atoms with Crippen LogP contribution in [0.15, 0.2) is 176 Å². The molecule has 0 bridgehead atoms. The van der Waals surface area contributed by atoms with Crippen LogP contribution >= 0.6 is 11.3 Å². The van der Waals surface area contributed by atoms with Gasteiger partial charge in [-0.3, -0.25) is 0 Å². The summed E-state index contributed by atoms with van der Waals surface area (Å²) in [6.07, 6.45) is 2.41. The van der Waals surface area contributed by atoms with E-state index < -0.39 is 5.41 Å². The highest BCUT2D eigenvalue weighted by atomic mass is 32.1. The molecule has 284 valence electrons. The van der Waals surface area contributed by atoms with E-state index in [9.17, 15) is 0 Å². The fourth-order valence-electron chi connectivity index (χ4n) is 11.2. The van der Waals surface area contributed by atoms with E-state index in [4.69, 9.17) is 0 Å². The van der Waals surface area contributed by atoms with Crippen molar-refractivity contribution in [3.63, 3.8) is 0 Å². The molecule has 8 aromatic carbocycles. The minimum atomic E-state index is -0.422. The van der Waals surface area contributed by atoms with Gasteiger partial charge in [-0.05, 0) is 121 Å². The Bertz CT molecular complexity index is 3130. The van der Waals surface area contributed by atoms with Crippen LogP contribution in [0.4, 0.5) is 17.1 Å². The first-order valence-electron chi connectivity index (χ1n) is 21.1. The van der Waals surface area contributed by atoms with Gasteiger partial charge >= 0.3 is 0 Å². The molecule has 1 aromatic heterocycles. The number of thiophene rings is 1. The van der Waals surface area contributed by atoms with Crippen molar-refractivity contribution in [3.8, 4) is 33.4 Å². The lowest BCUT2D eigenvalue weighted by molar-refractivity contribution is 0.332. The molecule has 3 aliphatic rings. The van der Waals surface area contributed by atoms with E-state index in [-0.39, 0.29) is 10.8 Å². The molecule has 0 radical (unpaired) electrons. The minimum Gasteiger partial charge on any atom is -0.308 e. The van der Waals surface area contributed by atoms with Crippen LogP contribution in [0.25, 0.3) is 53.6 Å². The molecule has 1 spiro atoms. The monoisotopic (exact) mass is 775 g/mol. The molecule has 9 aromatic rings. The average molecular weight is 776 g/mol. The van der Waals surface area contributed by atoms with Crippen LogP contribution in [0.3, 0.4) is 0 Å². The molecule has 0 N–H and O–H groups in total. The highest BCUT2D eigenvalue weighted by Gasteiger charge is 2.52. The van der Waals surface area contributed by atoms with E-state index in [1.807, 2.05) is 11.3 Å². The van der Waals surface area contributed by atoms with Crippen molar-refractivity contribution in [1.29, 1.82) is 0 Å². The van der Waals surface area contributed by atoms with Crippen LogP contribution < -0.4 is 4.90 Å². The van der Waals surface area contributed by atoms with Crippen molar-refractivity contribution >= 4 is 48.6 Å². The lowest BCUT2D eigenvalue weighted by atomic mass is 9.63. The van der Waals surface area contributed by atoms with Gasteiger partial charge in [-0.25, -0.2) is 0 Å². The third-order valence-corrected chi connectivity index (χ3v) is 15.3. The molecular weight excluding hydrogens is 731 g/mol. The van der Waals surface area contributed by atoms with Gasteiger partial charge in [-0.1, -0.05) is 167 Å². The molecule has 0 fully saturated rings. The zero-order valence-electron chi connectivity index (χ0n) is 34.0. The number of benzene rings is 8. The van der Waals surface area contributed by atoms with Gasteiger partial charge in [0, 0.05) is 26.7 Å². The second-order valence-corrected chi connectivity index (χ2v) is 19.3. The van der Waals surface area contributed by atoms with Crippen molar-refractivity contribution in [2.24, 2.45) is 0 Å². The van der Waals surface area contributed by atoms with Gasteiger partial charge in [0.05, 0.1) is 21.5 Å². The minimum absolute atomic E-state index is 0.139. The molecule has 1 heterocycles. The highest BCUT2D eigenvalue weighted by Crippen LogP contribution is 2.65. The fraction of sp³-hybridized carbons (Fsp3) is 0.158. The third kappa shape index (κ3) is 4.78. The van der Waals surface area contributed by atoms with Crippen molar-refractivity contribution in [2.45, 2.75) is 56.8 Å². The molecule has 0 amide bonds. The Morgan fingerprint density at radius 1 is 0.424 bits per heavy atom. The topological polar surface area (TPSA) is 3.24 Å². The molecule has 59 heavy (non-hydrogen) atoms. The summed E-state index contributed by atoms with van der Waals surface area (Å²) in [7, 11) is 0. The third-order valence-electron chi connectivity index (χ3n) is 14.1. The van der Waals surface area contributed by atoms with Crippen LogP contribution in [-0.4, -0.2) is 0 Å². The number of fused-ring (bicyclic) bond motifs is 14. The summed E-state index contributed by atoms with van der Waals surface area (Å²) in [5, 5.41) is 2.70. The lowest BCUT2D eigenvalue weighted by Gasteiger charge is -2.41. The van der Waals surface area contributed by atoms with Crippen molar-refractivity contribution in [1.82, 2.24) is 0 Å². The molecule has 0 unspecified atom stereocenters. The molecular formula is C57H45NS. The normalized spacial score (nSPS) is 16.1. The Hall–Kier alpha value is -6.22. The van der Waals surface area contributed by atoms with E-state index >= 15 is 0 Å². The van der Waals surface area contributed by atoms with Crippen molar-refractivity contribution in [3.05, 3.63) is 209 Å². The largest absolute Gasteiger partial charge is 0.308 e. The summed E-state index contributed by atoms with van der Waals surface area (Å²) in [5.41, 5.74) is 19.6. The Morgan fingerprint density at radius 2 is 0.966 bits per heavy atom. The zero-order chi connectivity index (χ0) is 39.7. The van der Waals surface area contributed by atoms with E-state index in [1.54, 1.807) is 0 Å². The van der Waals surface area contributed by atoms with E-state index in [2.05, 4.69) is 209 Å². The maximum Gasteiger partial charge on any atom is 0.0726 e. The van der Waals surface area contributed by atoms with Gasteiger partial charge in [0.15, 0.2) is 0 Å². The fourth-order valence-corrected chi connectivity index (χ4v) is 12.4. The van der Waals surface area contributed by atoms with Crippen LogP contribution in [0.2, 0.25) is 0 Å². The molecule has 12 rings (SSSR count). The Morgan fingerprint density at radius 3 is 1.68 bits per heavy atom. The highest BCUT2D eigenvalue weighted by molar-refractivity contribution is 7.26. The van der Waals surface area contributed by atoms with E-state index in [0.717, 1.165) is 5.69 Å². The van der Waals surface area contributed by atoms with Crippen LogP contribution in [0.1, 0.15) is 73.9 Å². The second kappa shape index (κ2) is 12.4. The van der Waals surface area contributed by atoms with E-state index in [0.29, 0.717) is 0 Å². The Balaban J connectivity index is 1.17. The lowest BCUT2D eigenvalue weighted by Crippen LogP contribution is -2.33. The molecule has 0 aliphatic heterocycles. The molecule has 0 saturated heterocycles. The predicted molar refractivity (Wildman–Crippen MR) is 251 cm³/mol. The first kappa shape index (κ1) is 34.8. The standard InChI is InChI=1S/C57H45NS/c1-55(2)31-32-56(3,4)49-35-52-43(34-48(49)55)41-24-15-30-51(54(41)59-52)58(38-20-14-19-37(33-38)36-17-6-5-7-18-36)50-29-16-28-47-53(50)42-23-10-13-27-46(42)57(47)44-25-11-8-21-39(44)40-22-9-12-26-45(40)57/h5-30,33-35H,31-32H2,1-4H3. The quantitative estimate of drug-likeness (QED) is 0.172. The van der Waals surface area contributed by atoms with Gasteiger partial charge in [0.2, 0.25) is 0 Å². The smallest absolute Gasteiger partial charge is 0.0726 e. The van der Waals surface area contributed by atoms with Crippen LogP contribution in [0.5, 0.6) is 0 Å². The Labute approximate surface area is 351 Å². The first-order valence-corrected chi connectivity index (χ1v) is 22.0. The van der Waals surface area contributed by atoms with Gasteiger partial charge < -0.3 is 4.90 Å². The number of anilines is 3. The van der Waals surface area contributed by atoms with Crippen LogP contribution in [-0.2, 0) is 16.2 Å². The summed E-state index contributed by atoms with van der Waals surface area (Å²) >= 11 is 1.96. The van der Waals surface area contributed by atoms with Crippen molar-refractivity contribution in [2.75, 3.05) is 4.90 Å². The van der Waals surface area contributed by atoms with Gasteiger partial charge in [-0.2, -0.15) is 0 Å². The maximum absolute atomic E-state index is 2.58. The summed E-state index contributed by atoms with van der Waals surface area (Å²) in [4.78, 5) is 2.58. The predicted octanol–water partition coefficient (Wildman–Crippen LogP) is 15.9. The van der Waals surface area contributed by atoms with Gasteiger partial charge in [0.25, 0.3) is 0 Å². The average Bonchev–Trinajstić information content (AvgIpc) is 3.90. The van der Waals surface area contributed by atoms with Gasteiger partial charge in [0.1, 0.15) is 0 Å². The molecule has 0 atom stereocenters. The van der Waals surface area contributed by atoms with Crippen LogP contribution in [0, 0.1) is 0 Å². The molecule has 1 nitrogen and oxygen atoms in total. The number of hydrogen-bond donors (Lipinski definition) is 0. The van der Waals surface area contributed by atoms with Crippen molar-refractivity contribution < 1.29 is 0 Å². The van der Waals surface area contributed by atoms with Gasteiger partial charge in [-0.15, -0.1) is 11.3 Å². The molecule has 2 heteroatoms. The zero-order valence-corrected chi connectivity index (χ0v) is 34.8. The number of hydrogen-bond acceptors (Lipinski definition) is 2. The molecule has 3 aliphatic carbocycles. The summed E-state index contributed by atoms with van der Waals surface area (Å²) in [6, 6.07) is 66.6.